The fourth-order valence-electron chi connectivity index (χ4n) is 3.03. The second kappa shape index (κ2) is 9.12. The molecule has 3 aromatic rings. The molecule has 2 amide bonds. The summed E-state index contributed by atoms with van der Waals surface area (Å²) in [4.78, 5) is 27.2. The Hall–Kier alpha value is -3.57. The van der Waals surface area contributed by atoms with Gasteiger partial charge in [-0.2, -0.15) is 0 Å². The van der Waals surface area contributed by atoms with Crippen LogP contribution in [0.15, 0.2) is 30.3 Å². The molecule has 3 rings (SSSR count). The van der Waals surface area contributed by atoms with Crippen molar-refractivity contribution in [2.24, 2.45) is 11.5 Å². The summed E-state index contributed by atoms with van der Waals surface area (Å²) in [7, 11) is 0. The minimum absolute atomic E-state index is 0.0287. The lowest BCUT2D eigenvalue weighted by Gasteiger charge is -2.18. The van der Waals surface area contributed by atoms with Gasteiger partial charge < -0.3 is 26.6 Å². The van der Waals surface area contributed by atoms with Crippen molar-refractivity contribution in [1.82, 2.24) is 4.98 Å². The van der Waals surface area contributed by atoms with Gasteiger partial charge >= 0.3 is 6.09 Å². The number of ether oxygens (including phenoxy) is 1. The number of hydrogen-bond acceptors (Lipinski definition) is 7. The van der Waals surface area contributed by atoms with Crippen LogP contribution in [-0.2, 0) is 16.9 Å². The summed E-state index contributed by atoms with van der Waals surface area (Å²) < 4.78 is 34.3. The number of hydrogen-bond donors (Lipinski definition) is 4. The Morgan fingerprint density at radius 1 is 1.18 bits per heavy atom. The number of halogens is 2. The van der Waals surface area contributed by atoms with Gasteiger partial charge in [0.15, 0.2) is 0 Å². The van der Waals surface area contributed by atoms with E-state index in [1.54, 1.807) is 19.1 Å². The molecule has 6 N–H and O–H groups in total. The lowest BCUT2D eigenvalue weighted by atomic mass is 9.96. The second-order valence-electron chi connectivity index (χ2n) is 7.77. The normalized spacial score (nSPS) is 11.3. The van der Waals surface area contributed by atoms with Gasteiger partial charge in [0, 0.05) is 16.1 Å². The number of aromatic nitrogens is 1. The molecular formula is C22H22F2N4O4S. The maximum atomic E-state index is 14.8. The number of rotatable bonds is 7. The number of nitrogens with zero attached hydrogens (tertiary/aromatic N) is 1. The smallest absolute Gasteiger partial charge is 0.404 e. The standard InChI is InChI=1S/C22H22F2N4O4S/c1-10-11(9-32-21(26)30)4-5-17(27-10)28-20-13(19(25)29)8-16(33-20)18-14(23)6-12(7-15(18)24)22(2,3)31/h4-8,31H,9H2,1-3H3,(H2,25,29)(H2,26,30)(H,27,28). The molecule has 8 nitrogen and oxygen atoms in total. The average Bonchev–Trinajstić information content (AvgIpc) is 3.09. The number of aliphatic hydroxyl groups is 1. The van der Waals surface area contributed by atoms with Gasteiger partial charge in [0.05, 0.1) is 16.7 Å². The number of carbonyl (C=O) groups excluding carboxylic acids is 2. The summed E-state index contributed by atoms with van der Waals surface area (Å²) in [5, 5.41) is 13.2. The molecule has 0 bridgehead atoms. The van der Waals surface area contributed by atoms with Crippen molar-refractivity contribution in [3.8, 4) is 10.4 Å². The van der Waals surface area contributed by atoms with E-state index in [9.17, 15) is 23.5 Å². The zero-order chi connectivity index (χ0) is 24.5. The van der Waals surface area contributed by atoms with Crippen LogP contribution in [0.25, 0.3) is 10.4 Å². The number of anilines is 2. The SMILES string of the molecule is Cc1nc(Nc2sc(-c3c(F)cc(C(C)(C)O)cc3F)cc2C(N)=O)ccc1COC(N)=O. The van der Waals surface area contributed by atoms with E-state index in [4.69, 9.17) is 16.2 Å². The lowest BCUT2D eigenvalue weighted by Crippen LogP contribution is -2.16. The number of pyridine rings is 1. The Balaban J connectivity index is 1.97. The number of benzene rings is 1. The third-order valence-electron chi connectivity index (χ3n) is 4.80. The van der Waals surface area contributed by atoms with Gasteiger partial charge in [-0.25, -0.2) is 18.6 Å². The molecule has 0 saturated heterocycles. The number of amides is 2. The number of thiophene rings is 1. The van der Waals surface area contributed by atoms with Crippen molar-refractivity contribution in [1.29, 1.82) is 0 Å². The van der Waals surface area contributed by atoms with Gasteiger partial charge in [0.2, 0.25) is 0 Å². The van der Waals surface area contributed by atoms with E-state index in [0.29, 0.717) is 17.1 Å². The Morgan fingerprint density at radius 2 is 1.82 bits per heavy atom. The third kappa shape index (κ3) is 5.44. The summed E-state index contributed by atoms with van der Waals surface area (Å²) in [5.41, 5.74) is 9.93. The van der Waals surface area contributed by atoms with Crippen molar-refractivity contribution < 1.29 is 28.2 Å². The van der Waals surface area contributed by atoms with Crippen LogP contribution >= 0.6 is 11.3 Å². The van der Waals surface area contributed by atoms with Gasteiger partial charge in [0.1, 0.15) is 29.1 Å². The van der Waals surface area contributed by atoms with Gasteiger partial charge in [-0.15, -0.1) is 11.3 Å². The van der Waals surface area contributed by atoms with E-state index in [1.807, 2.05) is 0 Å². The van der Waals surface area contributed by atoms with Gasteiger partial charge in [-0.3, -0.25) is 4.79 Å². The highest BCUT2D eigenvalue weighted by Gasteiger charge is 2.24. The number of nitrogens with one attached hydrogen (secondary N) is 1. The van der Waals surface area contributed by atoms with Crippen LogP contribution in [0.4, 0.5) is 24.4 Å². The third-order valence-corrected chi connectivity index (χ3v) is 5.87. The van der Waals surface area contributed by atoms with Crippen LogP contribution < -0.4 is 16.8 Å². The zero-order valence-corrected chi connectivity index (χ0v) is 18.8. The molecule has 2 aromatic heterocycles. The van der Waals surface area contributed by atoms with E-state index >= 15 is 0 Å². The molecular weight excluding hydrogens is 454 g/mol. The molecule has 0 saturated carbocycles. The topological polar surface area (TPSA) is 141 Å². The molecule has 33 heavy (non-hydrogen) atoms. The first kappa shape index (κ1) is 24.1. The molecule has 2 heterocycles. The predicted molar refractivity (Wildman–Crippen MR) is 120 cm³/mol. The predicted octanol–water partition coefficient (Wildman–Crippen LogP) is 4.06. The molecule has 11 heteroatoms. The highest BCUT2D eigenvalue weighted by molar-refractivity contribution is 7.20. The van der Waals surface area contributed by atoms with Crippen LogP contribution in [0.5, 0.6) is 0 Å². The summed E-state index contributed by atoms with van der Waals surface area (Å²) >= 11 is 0.921. The molecule has 0 fully saturated rings. The molecule has 0 aliphatic heterocycles. The van der Waals surface area contributed by atoms with E-state index in [1.165, 1.54) is 19.9 Å². The van der Waals surface area contributed by atoms with Crippen LogP contribution in [0.1, 0.15) is 41.0 Å². The first-order chi connectivity index (χ1) is 15.4. The van der Waals surface area contributed by atoms with Crippen LogP contribution in [0.2, 0.25) is 0 Å². The number of carbonyl (C=O) groups is 2. The largest absolute Gasteiger partial charge is 0.445 e. The summed E-state index contributed by atoms with van der Waals surface area (Å²) in [6.45, 7) is 4.47. The number of primary amides is 2. The zero-order valence-electron chi connectivity index (χ0n) is 18.0. The summed E-state index contributed by atoms with van der Waals surface area (Å²) in [5.74, 6) is -2.23. The van der Waals surface area contributed by atoms with Crippen molar-refractivity contribution in [3.63, 3.8) is 0 Å². The highest BCUT2D eigenvalue weighted by atomic mass is 32.1. The minimum Gasteiger partial charge on any atom is -0.445 e. The van der Waals surface area contributed by atoms with Gasteiger partial charge in [-0.1, -0.05) is 6.07 Å². The van der Waals surface area contributed by atoms with Crippen LogP contribution in [-0.4, -0.2) is 22.1 Å². The molecule has 0 aliphatic carbocycles. The Bertz CT molecular complexity index is 1210. The van der Waals surface area contributed by atoms with E-state index < -0.39 is 29.2 Å². The summed E-state index contributed by atoms with van der Waals surface area (Å²) in [6, 6.07) is 6.62. The van der Waals surface area contributed by atoms with Crippen molar-refractivity contribution in [2.75, 3.05) is 5.32 Å². The fraction of sp³-hybridized carbons (Fsp3) is 0.227. The number of nitrogens with two attached hydrogens (primary N) is 2. The van der Waals surface area contributed by atoms with E-state index in [0.717, 1.165) is 23.5 Å². The fourth-order valence-corrected chi connectivity index (χ4v) is 4.15. The Kier molecular flexibility index (Phi) is 6.65. The van der Waals surface area contributed by atoms with E-state index in [-0.39, 0.29) is 33.2 Å². The number of aryl methyl sites for hydroxylation is 1. The van der Waals surface area contributed by atoms with Crippen molar-refractivity contribution in [2.45, 2.75) is 33.0 Å². The molecule has 1 aromatic carbocycles. The van der Waals surface area contributed by atoms with Crippen LogP contribution in [0, 0.1) is 18.6 Å². The molecule has 0 radical (unpaired) electrons. The lowest BCUT2D eigenvalue weighted by molar-refractivity contribution is 0.0778. The first-order valence-corrected chi connectivity index (χ1v) is 10.5. The van der Waals surface area contributed by atoms with E-state index in [2.05, 4.69) is 10.3 Å². The molecule has 174 valence electrons. The minimum atomic E-state index is -1.43. The van der Waals surface area contributed by atoms with Crippen LogP contribution in [0.3, 0.4) is 0 Å². The highest BCUT2D eigenvalue weighted by Crippen LogP contribution is 2.40. The maximum Gasteiger partial charge on any atom is 0.404 e. The molecule has 0 unspecified atom stereocenters. The van der Waals surface area contributed by atoms with Gasteiger partial charge in [-0.05, 0) is 50.6 Å². The van der Waals surface area contributed by atoms with Crippen molar-refractivity contribution >= 4 is 34.2 Å². The second-order valence-corrected chi connectivity index (χ2v) is 8.82. The average molecular weight is 477 g/mol. The van der Waals surface area contributed by atoms with Gasteiger partial charge in [0.25, 0.3) is 5.91 Å². The monoisotopic (exact) mass is 476 g/mol. The molecule has 0 aliphatic rings. The maximum absolute atomic E-state index is 14.8. The quantitative estimate of drug-likeness (QED) is 0.405. The summed E-state index contributed by atoms with van der Waals surface area (Å²) in [6.07, 6.45) is -0.913. The Labute approximate surface area is 192 Å². The molecule has 0 atom stereocenters. The molecule has 0 spiro atoms. The Morgan fingerprint density at radius 3 is 2.33 bits per heavy atom. The van der Waals surface area contributed by atoms with Crippen molar-refractivity contribution in [3.05, 3.63) is 64.4 Å². The first-order valence-electron chi connectivity index (χ1n) is 9.68.